The van der Waals surface area contributed by atoms with Gasteiger partial charge in [0, 0.05) is 24.3 Å². The fraction of sp³-hybridized carbons (Fsp3) is 0.250. The molecule has 5 nitrogen and oxygen atoms in total. The monoisotopic (exact) mass is 389 g/mol. The van der Waals surface area contributed by atoms with Crippen LogP contribution in [0.2, 0.25) is 0 Å². The first-order valence-electron chi connectivity index (χ1n) is 9.85. The van der Waals surface area contributed by atoms with Crippen molar-refractivity contribution in [1.82, 2.24) is 10.3 Å². The van der Waals surface area contributed by atoms with Crippen LogP contribution in [-0.4, -0.2) is 16.9 Å². The van der Waals surface area contributed by atoms with Crippen LogP contribution in [0, 0.1) is 0 Å². The highest BCUT2D eigenvalue weighted by Crippen LogP contribution is 2.21. The molecule has 0 aliphatic carbocycles. The fourth-order valence-electron chi connectivity index (χ4n) is 3.16. The van der Waals surface area contributed by atoms with Crippen molar-refractivity contribution in [2.24, 2.45) is 5.73 Å². The minimum atomic E-state index is -0.504. The second-order valence-electron chi connectivity index (χ2n) is 7.23. The van der Waals surface area contributed by atoms with Crippen LogP contribution < -0.4 is 15.8 Å². The number of nitrogens with two attached hydrogens (primary N) is 1. The number of nitrogens with one attached hydrogen (secondary N) is 1. The van der Waals surface area contributed by atoms with E-state index in [0.717, 1.165) is 12.8 Å². The largest absolute Gasteiger partial charge is 0.439 e. The summed E-state index contributed by atoms with van der Waals surface area (Å²) in [4.78, 5) is 15.2. The highest BCUT2D eigenvalue weighted by molar-refractivity contribution is 5.92. The fourth-order valence-corrected chi connectivity index (χ4v) is 3.16. The Kier molecular flexibility index (Phi) is 6.98. The molecule has 0 bridgehead atoms. The average Bonchev–Trinajstić information content (AvgIpc) is 2.74. The molecule has 1 unspecified atom stereocenters. The summed E-state index contributed by atoms with van der Waals surface area (Å²) >= 11 is 0. The normalized spacial score (nSPS) is 12.9. The molecule has 5 heteroatoms. The summed E-state index contributed by atoms with van der Waals surface area (Å²) in [6.45, 7) is 4.42. The van der Waals surface area contributed by atoms with E-state index < -0.39 is 5.91 Å². The Hall–Kier alpha value is -3.18. The number of amides is 1. The van der Waals surface area contributed by atoms with Crippen molar-refractivity contribution in [3.63, 3.8) is 0 Å². The minimum Gasteiger partial charge on any atom is -0.439 e. The maximum Gasteiger partial charge on any atom is 0.250 e. The molecule has 1 heterocycles. The van der Waals surface area contributed by atoms with Crippen molar-refractivity contribution in [3.05, 3.63) is 89.6 Å². The lowest BCUT2D eigenvalue weighted by molar-refractivity contribution is 0.1000. The molecular formula is C24H27N3O2. The molecule has 1 aromatic heterocycles. The third-order valence-electron chi connectivity index (χ3n) is 4.87. The van der Waals surface area contributed by atoms with Gasteiger partial charge >= 0.3 is 0 Å². The van der Waals surface area contributed by atoms with Crippen LogP contribution in [0.4, 0.5) is 0 Å². The molecule has 0 aliphatic heterocycles. The van der Waals surface area contributed by atoms with Crippen molar-refractivity contribution in [3.8, 4) is 11.6 Å². The summed E-state index contributed by atoms with van der Waals surface area (Å²) < 4.78 is 5.72. The molecule has 2 atom stereocenters. The third kappa shape index (κ3) is 6.16. The van der Waals surface area contributed by atoms with Crippen molar-refractivity contribution < 1.29 is 9.53 Å². The van der Waals surface area contributed by atoms with E-state index in [1.54, 1.807) is 12.1 Å². The van der Waals surface area contributed by atoms with Gasteiger partial charge in [-0.25, -0.2) is 4.98 Å². The topological polar surface area (TPSA) is 77.2 Å². The van der Waals surface area contributed by atoms with E-state index in [1.165, 1.54) is 17.3 Å². The predicted molar refractivity (Wildman–Crippen MR) is 115 cm³/mol. The highest BCUT2D eigenvalue weighted by atomic mass is 16.5. The lowest BCUT2D eigenvalue weighted by Gasteiger charge is -2.20. The Balaban J connectivity index is 1.48. The summed E-state index contributed by atoms with van der Waals surface area (Å²) in [6, 6.07) is 22.5. The summed E-state index contributed by atoms with van der Waals surface area (Å²) in [5, 5.41) is 3.66. The number of aryl methyl sites for hydroxylation is 1. The Morgan fingerprint density at radius 2 is 1.76 bits per heavy atom. The summed E-state index contributed by atoms with van der Waals surface area (Å²) in [5.41, 5.74) is 8.14. The number of rotatable bonds is 9. The van der Waals surface area contributed by atoms with Crippen molar-refractivity contribution in [2.45, 2.75) is 38.8 Å². The Morgan fingerprint density at radius 3 is 2.38 bits per heavy atom. The number of ether oxygens (including phenoxy) is 1. The number of pyridine rings is 1. The molecule has 0 saturated carbocycles. The molecule has 0 spiro atoms. The lowest BCUT2D eigenvalue weighted by Crippen LogP contribution is -2.29. The van der Waals surface area contributed by atoms with Gasteiger partial charge in [0.15, 0.2) is 0 Å². The van der Waals surface area contributed by atoms with Crippen molar-refractivity contribution in [2.75, 3.05) is 0 Å². The van der Waals surface area contributed by atoms with Crippen LogP contribution in [0.5, 0.6) is 11.6 Å². The van der Waals surface area contributed by atoms with E-state index in [0.29, 0.717) is 29.3 Å². The molecule has 0 fully saturated rings. The quantitative estimate of drug-likeness (QED) is 0.559. The number of hydrogen-bond donors (Lipinski definition) is 2. The van der Waals surface area contributed by atoms with Gasteiger partial charge in [0.25, 0.3) is 0 Å². The first-order chi connectivity index (χ1) is 14.0. The maximum atomic E-state index is 11.1. The van der Waals surface area contributed by atoms with Gasteiger partial charge in [-0.15, -0.1) is 0 Å². The van der Waals surface area contributed by atoms with Gasteiger partial charge < -0.3 is 15.8 Å². The van der Waals surface area contributed by atoms with Crippen molar-refractivity contribution in [1.29, 1.82) is 0 Å². The van der Waals surface area contributed by atoms with Gasteiger partial charge in [0.05, 0.1) is 5.56 Å². The van der Waals surface area contributed by atoms with E-state index in [2.05, 4.69) is 60.5 Å². The summed E-state index contributed by atoms with van der Waals surface area (Å²) in [5.74, 6) is 0.628. The number of nitrogens with zero attached hydrogens (tertiary/aromatic N) is 1. The standard InChI is InChI=1S/C24H27N3O2/c1-17(27-18(2)20-6-4-3-5-7-20)8-9-19-10-13-22(14-11-19)29-23-15-12-21(16-26-23)24(25)28/h3-7,10-18,27H,8-9H2,1-2H3,(H2,25,28)/t17?,18-/m1/s1. The number of carbonyl (C=O) groups is 1. The number of carbonyl (C=O) groups excluding carboxylic acids is 1. The minimum absolute atomic E-state index is 0.329. The van der Waals surface area contributed by atoms with Gasteiger partial charge in [-0.2, -0.15) is 0 Å². The molecule has 0 aliphatic rings. The molecule has 0 radical (unpaired) electrons. The number of aromatic nitrogens is 1. The van der Waals surface area contributed by atoms with Crippen LogP contribution in [0.15, 0.2) is 72.9 Å². The molecule has 3 N–H and O–H groups in total. The predicted octanol–water partition coefficient (Wildman–Crippen LogP) is 4.64. The number of benzene rings is 2. The summed E-state index contributed by atoms with van der Waals surface area (Å²) in [7, 11) is 0. The zero-order valence-electron chi connectivity index (χ0n) is 16.8. The molecule has 1 amide bonds. The van der Waals surface area contributed by atoms with Crippen LogP contribution in [-0.2, 0) is 6.42 Å². The molecule has 3 rings (SSSR count). The molecule has 0 saturated heterocycles. The average molecular weight is 389 g/mol. The molecule has 29 heavy (non-hydrogen) atoms. The molecule has 150 valence electrons. The molecular weight excluding hydrogens is 362 g/mol. The van der Waals surface area contributed by atoms with E-state index in [1.807, 2.05) is 18.2 Å². The second-order valence-corrected chi connectivity index (χ2v) is 7.23. The smallest absolute Gasteiger partial charge is 0.250 e. The van der Waals surface area contributed by atoms with E-state index in [9.17, 15) is 4.79 Å². The zero-order valence-corrected chi connectivity index (χ0v) is 16.8. The Morgan fingerprint density at radius 1 is 1.03 bits per heavy atom. The maximum absolute atomic E-state index is 11.1. The van der Waals surface area contributed by atoms with Gasteiger partial charge in [-0.1, -0.05) is 42.5 Å². The van der Waals surface area contributed by atoms with Crippen LogP contribution in [0.3, 0.4) is 0 Å². The molecule has 2 aromatic carbocycles. The SMILES string of the molecule is CC(CCc1ccc(Oc2ccc(C(N)=O)cn2)cc1)N[C@H](C)c1ccccc1. The first kappa shape index (κ1) is 20.6. The Bertz CT molecular complexity index is 909. The van der Waals surface area contributed by atoms with E-state index >= 15 is 0 Å². The second kappa shape index (κ2) is 9.85. The number of primary amides is 1. The highest BCUT2D eigenvalue weighted by Gasteiger charge is 2.09. The van der Waals surface area contributed by atoms with E-state index in [-0.39, 0.29) is 0 Å². The van der Waals surface area contributed by atoms with Crippen molar-refractivity contribution >= 4 is 5.91 Å². The van der Waals surface area contributed by atoms with Crippen LogP contribution in [0.25, 0.3) is 0 Å². The van der Waals surface area contributed by atoms with Crippen LogP contribution in [0.1, 0.15) is 47.8 Å². The zero-order chi connectivity index (χ0) is 20.6. The lowest BCUT2D eigenvalue weighted by atomic mass is 10.0. The van der Waals surface area contributed by atoms with Gasteiger partial charge in [0.1, 0.15) is 5.75 Å². The van der Waals surface area contributed by atoms with E-state index in [4.69, 9.17) is 10.5 Å². The molecule has 3 aromatic rings. The summed E-state index contributed by atoms with van der Waals surface area (Å²) in [6.07, 6.45) is 3.45. The van der Waals surface area contributed by atoms with Crippen LogP contribution >= 0.6 is 0 Å². The first-order valence-corrected chi connectivity index (χ1v) is 9.85. The number of hydrogen-bond acceptors (Lipinski definition) is 4. The Labute approximate surface area is 171 Å². The van der Waals surface area contributed by atoms with Gasteiger partial charge in [-0.3, -0.25) is 4.79 Å². The van der Waals surface area contributed by atoms with Gasteiger partial charge in [0.2, 0.25) is 11.8 Å². The third-order valence-corrected chi connectivity index (χ3v) is 4.87. The van der Waals surface area contributed by atoms with Gasteiger partial charge in [-0.05, 0) is 56.0 Å².